The molecule has 0 spiro atoms. The maximum absolute atomic E-state index is 11.8. The molecule has 0 aliphatic heterocycles. The van der Waals surface area contributed by atoms with Crippen molar-refractivity contribution in [1.82, 2.24) is 0 Å². The molecule has 17 heavy (non-hydrogen) atoms. The van der Waals surface area contributed by atoms with Gasteiger partial charge >= 0.3 is 5.97 Å². The number of anilines is 1. The van der Waals surface area contributed by atoms with Crippen LogP contribution in [0, 0.1) is 16.7 Å². The summed E-state index contributed by atoms with van der Waals surface area (Å²) < 4.78 is 0. The van der Waals surface area contributed by atoms with E-state index < -0.39 is 17.3 Å². The number of nitrogens with one attached hydrogen (secondary N) is 1. The molecular formula is C12H10N2O3. The first-order valence-corrected chi connectivity index (χ1v) is 5.14. The molecule has 1 aromatic rings. The van der Waals surface area contributed by atoms with Crippen LogP contribution in [-0.4, -0.2) is 17.0 Å². The molecule has 0 saturated heterocycles. The van der Waals surface area contributed by atoms with Gasteiger partial charge < -0.3 is 10.4 Å². The van der Waals surface area contributed by atoms with Crippen molar-refractivity contribution in [3.05, 3.63) is 29.8 Å². The molecule has 0 atom stereocenters. The van der Waals surface area contributed by atoms with Crippen LogP contribution in [0.2, 0.25) is 0 Å². The molecule has 1 aromatic carbocycles. The van der Waals surface area contributed by atoms with Gasteiger partial charge in [0, 0.05) is 0 Å². The van der Waals surface area contributed by atoms with E-state index in [1.807, 2.05) is 6.07 Å². The number of carbonyl (C=O) groups excluding carboxylic acids is 1. The molecule has 1 saturated carbocycles. The first-order chi connectivity index (χ1) is 8.10. The molecule has 0 radical (unpaired) electrons. The van der Waals surface area contributed by atoms with E-state index in [1.54, 1.807) is 24.3 Å². The lowest BCUT2D eigenvalue weighted by atomic mass is 10.1. The zero-order chi connectivity index (χ0) is 12.5. The molecule has 0 heterocycles. The van der Waals surface area contributed by atoms with Gasteiger partial charge in [-0.2, -0.15) is 5.26 Å². The van der Waals surface area contributed by atoms with Gasteiger partial charge in [-0.1, -0.05) is 12.1 Å². The van der Waals surface area contributed by atoms with Crippen LogP contribution in [0.4, 0.5) is 5.69 Å². The molecule has 1 amide bonds. The van der Waals surface area contributed by atoms with Crippen LogP contribution in [0.1, 0.15) is 18.4 Å². The lowest BCUT2D eigenvalue weighted by Gasteiger charge is -2.11. The standard InChI is InChI=1S/C12H10N2O3/c13-7-8-3-1-2-4-9(8)14-10(15)12(5-6-12)11(16)17/h1-4H,5-6H2,(H,14,15)(H,16,17). The molecule has 1 aliphatic carbocycles. The highest BCUT2D eigenvalue weighted by atomic mass is 16.4. The molecule has 1 fully saturated rings. The van der Waals surface area contributed by atoms with E-state index in [-0.39, 0.29) is 0 Å². The summed E-state index contributed by atoms with van der Waals surface area (Å²) in [4.78, 5) is 22.7. The Kier molecular flexibility index (Phi) is 2.56. The van der Waals surface area contributed by atoms with Gasteiger partial charge in [0.2, 0.25) is 5.91 Å². The Morgan fingerprint density at radius 1 is 1.35 bits per heavy atom. The van der Waals surface area contributed by atoms with Crippen LogP contribution < -0.4 is 5.32 Å². The second-order valence-electron chi connectivity index (χ2n) is 4.00. The summed E-state index contributed by atoms with van der Waals surface area (Å²) in [6.07, 6.45) is 0.700. The molecule has 2 N–H and O–H groups in total. The lowest BCUT2D eigenvalue weighted by molar-refractivity contribution is -0.147. The minimum absolute atomic E-state index is 0.321. The number of para-hydroxylation sites is 1. The maximum atomic E-state index is 11.8. The van der Waals surface area contributed by atoms with Crippen LogP contribution in [0.5, 0.6) is 0 Å². The monoisotopic (exact) mass is 230 g/mol. The van der Waals surface area contributed by atoms with Gasteiger partial charge in [-0.05, 0) is 25.0 Å². The zero-order valence-electron chi connectivity index (χ0n) is 8.93. The van der Waals surface area contributed by atoms with Crippen molar-refractivity contribution in [2.45, 2.75) is 12.8 Å². The van der Waals surface area contributed by atoms with E-state index in [4.69, 9.17) is 10.4 Å². The van der Waals surface area contributed by atoms with Gasteiger partial charge in [0.1, 0.15) is 11.5 Å². The van der Waals surface area contributed by atoms with Gasteiger partial charge in [-0.3, -0.25) is 9.59 Å². The number of rotatable bonds is 3. The van der Waals surface area contributed by atoms with Gasteiger partial charge in [-0.25, -0.2) is 0 Å². The van der Waals surface area contributed by atoms with Gasteiger partial charge in [-0.15, -0.1) is 0 Å². The maximum Gasteiger partial charge on any atom is 0.319 e. The van der Waals surface area contributed by atoms with Crippen molar-refractivity contribution in [3.8, 4) is 6.07 Å². The van der Waals surface area contributed by atoms with Crippen LogP contribution in [0.25, 0.3) is 0 Å². The van der Waals surface area contributed by atoms with Crippen molar-refractivity contribution in [2.75, 3.05) is 5.32 Å². The number of nitriles is 1. The minimum atomic E-state index is -1.29. The fourth-order valence-electron chi connectivity index (χ4n) is 1.59. The second kappa shape index (κ2) is 3.91. The molecule has 0 unspecified atom stereocenters. The topological polar surface area (TPSA) is 90.2 Å². The largest absolute Gasteiger partial charge is 0.480 e. The van der Waals surface area contributed by atoms with E-state index in [0.29, 0.717) is 24.1 Å². The Hall–Kier alpha value is -2.35. The number of carboxylic acids is 1. The zero-order valence-corrected chi connectivity index (χ0v) is 8.93. The van der Waals surface area contributed by atoms with E-state index in [1.165, 1.54) is 0 Å². The van der Waals surface area contributed by atoms with Crippen molar-refractivity contribution in [3.63, 3.8) is 0 Å². The summed E-state index contributed by atoms with van der Waals surface area (Å²) in [5.41, 5.74) is -0.614. The Labute approximate surface area is 97.7 Å². The smallest absolute Gasteiger partial charge is 0.319 e. The highest BCUT2D eigenvalue weighted by Gasteiger charge is 2.57. The Balaban J connectivity index is 2.20. The third kappa shape index (κ3) is 1.85. The number of carbonyl (C=O) groups is 2. The summed E-state index contributed by atoms with van der Waals surface area (Å²) in [6, 6.07) is 8.44. The number of hydrogen-bond donors (Lipinski definition) is 2. The first kappa shape index (κ1) is 11.1. The van der Waals surface area contributed by atoms with Crippen molar-refractivity contribution < 1.29 is 14.7 Å². The van der Waals surface area contributed by atoms with Gasteiger partial charge in [0.25, 0.3) is 0 Å². The molecule has 0 bridgehead atoms. The van der Waals surface area contributed by atoms with Gasteiger partial charge in [0.05, 0.1) is 11.3 Å². The molecule has 5 heteroatoms. The predicted molar refractivity (Wildman–Crippen MR) is 59.1 cm³/mol. The molecule has 5 nitrogen and oxygen atoms in total. The van der Waals surface area contributed by atoms with Crippen LogP contribution in [0.15, 0.2) is 24.3 Å². The number of benzene rings is 1. The summed E-state index contributed by atoms with van der Waals surface area (Å²) in [5, 5.41) is 20.3. The summed E-state index contributed by atoms with van der Waals surface area (Å²) >= 11 is 0. The Bertz CT molecular complexity index is 527. The molecule has 0 aromatic heterocycles. The molecule has 86 valence electrons. The predicted octanol–water partition coefficient (Wildman–Crippen LogP) is 1.36. The van der Waals surface area contributed by atoms with Crippen LogP contribution >= 0.6 is 0 Å². The van der Waals surface area contributed by atoms with E-state index in [0.717, 1.165) is 0 Å². The van der Waals surface area contributed by atoms with Crippen molar-refractivity contribution in [2.24, 2.45) is 5.41 Å². The molecule has 1 aliphatic rings. The first-order valence-electron chi connectivity index (χ1n) is 5.14. The summed E-state index contributed by atoms with van der Waals surface area (Å²) in [6.45, 7) is 0. The quantitative estimate of drug-likeness (QED) is 0.767. The fourth-order valence-corrected chi connectivity index (χ4v) is 1.59. The van der Waals surface area contributed by atoms with Gasteiger partial charge in [0.15, 0.2) is 0 Å². The van der Waals surface area contributed by atoms with Crippen molar-refractivity contribution in [1.29, 1.82) is 5.26 Å². The summed E-state index contributed by atoms with van der Waals surface area (Å²) in [5.74, 6) is -1.66. The fraction of sp³-hybridized carbons (Fsp3) is 0.250. The van der Waals surface area contributed by atoms with E-state index in [2.05, 4.69) is 5.32 Å². The van der Waals surface area contributed by atoms with E-state index in [9.17, 15) is 9.59 Å². The summed E-state index contributed by atoms with van der Waals surface area (Å²) in [7, 11) is 0. The average molecular weight is 230 g/mol. The average Bonchev–Trinajstić information content (AvgIpc) is 3.10. The minimum Gasteiger partial charge on any atom is -0.480 e. The number of hydrogen-bond acceptors (Lipinski definition) is 3. The van der Waals surface area contributed by atoms with E-state index >= 15 is 0 Å². The van der Waals surface area contributed by atoms with Crippen molar-refractivity contribution >= 4 is 17.6 Å². The lowest BCUT2D eigenvalue weighted by Crippen LogP contribution is -2.31. The third-order valence-electron chi connectivity index (χ3n) is 2.89. The number of amides is 1. The highest BCUT2D eigenvalue weighted by molar-refractivity contribution is 6.11. The number of aliphatic carboxylic acids is 1. The second-order valence-corrected chi connectivity index (χ2v) is 4.00. The normalized spacial score (nSPS) is 15.7. The third-order valence-corrected chi connectivity index (χ3v) is 2.89. The molecular weight excluding hydrogens is 220 g/mol. The SMILES string of the molecule is N#Cc1ccccc1NC(=O)C1(C(=O)O)CC1. The van der Waals surface area contributed by atoms with Crippen LogP contribution in [-0.2, 0) is 9.59 Å². The number of carboxylic acid groups (broad SMARTS) is 1. The Morgan fingerprint density at radius 3 is 2.53 bits per heavy atom. The Morgan fingerprint density at radius 2 is 2.00 bits per heavy atom. The van der Waals surface area contributed by atoms with Crippen LogP contribution in [0.3, 0.4) is 0 Å². The molecule has 2 rings (SSSR count). The highest BCUT2D eigenvalue weighted by Crippen LogP contribution is 2.46. The number of nitrogens with zero attached hydrogens (tertiary/aromatic N) is 1.